The molecule has 0 radical (unpaired) electrons. The molecule has 26 heavy (non-hydrogen) atoms. The lowest BCUT2D eigenvalue weighted by atomic mass is 9.97. The minimum absolute atomic E-state index is 0.186. The predicted molar refractivity (Wildman–Crippen MR) is 102 cm³/mol. The Morgan fingerprint density at radius 2 is 1.85 bits per heavy atom. The zero-order chi connectivity index (χ0) is 18.4. The number of aliphatic hydroxyl groups excluding tert-OH is 2. The highest BCUT2D eigenvalue weighted by Gasteiger charge is 2.25. The Balaban J connectivity index is 1.65. The van der Waals surface area contributed by atoms with Gasteiger partial charge in [0.05, 0.1) is 13.2 Å². The SMILES string of the molecule is Cc1ccccc1[C@H](OC[C@@H](O)C[NH+]1CCC[C@@H](O)C1)c1ccccc1. The Labute approximate surface area is 156 Å². The lowest BCUT2D eigenvalue weighted by molar-refractivity contribution is -0.911. The van der Waals surface area contributed by atoms with Gasteiger partial charge in [-0.3, -0.25) is 0 Å². The first-order valence-corrected chi connectivity index (χ1v) is 9.55. The zero-order valence-electron chi connectivity index (χ0n) is 15.5. The molecule has 1 unspecified atom stereocenters. The Morgan fingerprint density at radius 1 is 1.12 bits per heavy atom. The molecule has 140 valence electrons. The van der Waals surface area contributed by atoms with Crippen molar-refractivity contribution in [2.24, 2.45) is 0 Å². The Kier molecular flexibility index (Phi) is 6.80. The van der Waals surface area contributed by atoms with Crippen molar-refractivity contribution in [1.82, 2.24) is 0 Å². The van der Waals surface area contributed by atoms with E-state index in [0.29, 0.717) is 6.54 Å². The fourth-order valence-electron chi connectivity index (χ4n) is 3.78. The molecule has 4 heteroatoms. The number of nitrogens with one attached hydrogen (secondary N) is 1. The van der Waals surface area contributed by atoms with Crippen LogP contribution >= 0.6 is 0 Å². The predicted octanol–water partition coefficient (Wildman–Crippen LogP) is 1.50. The Bertz CT molecular complexity index is 676. The monoisotopic (exact) mass is 356 g/mol. The second kappa shape index (κ2) is 9.28. The van der Waals surface area contributed by atoms with E-state index in [2.05, 4.69) is 31.2 Å². The van der Waals surface area contributed by atoms with Crippen LogP contribution < -0.4 is 4.90 Å². The summed E-state index contributed by atoms with van der Waals surface area (Å²) in [5, 5.41) is 20.3. The van der Waals surface area contributed by atoms with Crippen LogP contribution in [0.5, 0.6) is 0 Å². The zero-order valence-corrected chi connectivity index (χ0v) is 15.5. The van der Waals surface area contributed by atoms with Gasteiger partial charge in [0.15, 0.2) is 0 Å². The van der Waals surface area contributed by atoms with Crippen LogP contribution in [-0.4, -0.2) is 48.7 Å². The van der Waals surface area contributed by atoms with E-state index in [-0.39, 0.29) is 18.8 Å². The lowest BCUT2D eigenvalue weighted by Gasteiger charge is -2.29. The molecule has 0 spiro atoms. The molecule has 0 bridgehead atoms. The van der Waals surface area contributed by atoms with Crippen molar-refractivity contribution in [2.75, 3.05) is 26.2 Å². The van der Waals surface area contributed by atoms with Gasteiger partial charge in [0.2, 0.25) is 0 Å². The number of ether oxygens (including phenoxy) is 1. The van der Waals surface area contributed by atoms with E-state index in [4.69, 9.17) is 4.74 Å². The van der Waals surface area contributed by atoms with Gasteiger partial charge in [-0.25, -0.2) is 0 Å². The molecule has 1 aliphatic rings. The molecule has 1 saturated heterocycles. The number of aryl methyl sites for hydroxylation is 1. The molecule has 1 heterocycles. The first-order valence-electron chi connectivity index (χ1n) is 9.55. The second-order valence-electron chi connectivity index (χ2n) is 7.34. The number of quaternary nitrogens is 1. The summed E-state index contributed by atoms with van der Waals surface area (Å²) in [6.07, 6.45) is 0.926. The standard InChI is InChI=1S/C22H29NO3/c1-17-8-5-6-12-21(17)22(18-9-3-2-4-10-18)26-16-20(25)15-23-13-7-11-19(24)14-23/h2-6,8-10,12,19-20,22,24-25H,7,11,13-16H2,1H3/p+1/t19-,20+,22-/m1/s1. The van der Waals surface area contributed by atoms with Crippen LogP contribution in [-0.2, 0) is 4.74 Å². The van der Waals surface area contributed by atoms with Gasteiger partial charge in [-0.1, -0.05) is 54.6 Å². The second-order valence-corrected chi connectivity index (χ2v) is 7.34. The van der Waals surface area contributed by atoms with E-state index < -0.39 is 6.10 Å². The van der Waals surface area contributed by atoms with Gasteiger partial charge in [-0.15, -0.1) is 0 Å². The number of likely N-dealkylation sites (tertiary alicyclic amines) is 1. The molecule has 0 amide bonds. The third-order valence-corrected chi connectivity index (χ3v) is 5.14. The van der Waals surface area contributed by atoms with Gasteiger partial charge in [-0.2, -0.15) is 0 Å². The van der Waals surface area contributed by atoms with Crippen LogP contribution in [0.1, 0.15) is 35.6 Å². The quantitative estimate of drug-likeness (QED) is 0.705. The topological polar surface area (TPSA) is 54.1 Å². The van der Waals surface area contributed by atoms with Crippen molar-refractivity contribution in [3.63, 3.8) is 0 Å². The highest BCUT2D eigenvalue weighted by Crippen LogP contribution is 2.28. The van der Waals surface area contributed by atoms with Crippen molar-refractivity contribution in [1.29, 1.82) is 0 Å². The van der Waals surface area contributed by atoms with E-state index in [1.165, 1.54) is 10.5 Å². The summed E-state index contributed by atoms with van der Waals surface area (Å²) in [5.41, 5.74) is 3.40. The third-order valence-electron chi connectivity index (χ3n) is 5.14. The smallest absolute Gasteiger partial charge is 0.126 e. The van der Waals surface area contributed by atoms with E-state index in [1.807, 2.05) is 30.3 Å². The van der Waals surface area contributed by atoms with Gasteiger partial charge in [-0.05, 0) is 36.5 Å². The van der Waals surface area contributed by atoms with Crippen molar-refractivity contribution in [3.05, 3.63) is 71.3 Å². The lowest BCUT2D eigenvalue weighted by Crippen LogP contribution is -3.15. The minimum Gasteiger partial charge on any atom is -0.387 e. The number of benzene rings is 2. The summed E-state index contributed by atoms with van der Waals surface area (Å²) >= 11 is 0. The average molecular weight is 356 g/mol. The van der Waals surface area contributed by atoms with Crippen molar-refractivity contribution >= 4 is 0 Å². The maximum atomic E-state index is 10.5. The maximum absolute atomic E-state index is 10.5. The molecule has 0 aromatic heterocycles. The van der Waals surface area contributed by atoms with Gasteiger partial charge in [0, 0.05) is 0 Å². The fraction of sp³-hybridized carbons (Fsp3) is 0.455. The molecule has 4 atom stereocenters. The van der Waals surface area contributed by atoms with E-state index >= 15 is 0 Å². The number of rotatable bonds is 7. The first-order chi connectivity index (χ1) is 12.6. The van der Waals surface area contributed by atoms with Crippen LogP contribution in [0.3, 0.4) is 0 Å². The molecule has 3 rings (SSSR count). The summed E-state index contributed by atoms with van der Waals surface area (Å²) in [7, 11) is 0. The Hall–Kier alpha value is -1.72. The molecule has 1 aliphatic heterocycles. The molecule has 1 fully saturated rings. The normalized spacial score (nSPS) is 22.7. The average Bonchev–Trinajstić information content (AvgIpc) is 2.64. The Morgan fingerprint density at radius 3 is 2.58 bits per heavy atom. The van der Waals surface area contributed by atoms with Gasteiger partial charge in [0.25, 0.3) is 0 Å². The molecule has 3 N–H and O–H groups in total. The number of hydrogen-bond acceptors (Lipinski definition) is 3. The third kappa shape index (κ3) is 5.15. The molecule has 0 saturated carbocycles. The number of aliphatic hydroxyl groups is 2. The van der Waals surface area contributed by atoms with Crippen molar-refractivity contribution in [2.45, 2.75) is 38.1 Å². The summed E-state index contributed by atoms with van der Waals surface area (Å²) in [6.45, 7) is 4.72. The number of piperidine rings is 1. The molecular formula is C22H30NO3+. The fourth-order valence-corrected chi connectivity index (χ4v) is 3.78. The minimum atomic E-state index is -0.537. The van der Waals surface area contributed by atoms with Crippen molar-refractivity contribution < 1.29 is 19.8 Å². The van der Waals surface area contributed by atoms with Crippen molar-refractivity contribution in [3.8, 4) is 0 Å². The van der Waals surface area contributed by atoms with E-state index in [1.54, 1.807) is 0 Å². The summed E-state index contributed by atoms with van der Waals surface area (Å²) in [4.78, 5) is 1.26. The summed E-state index contributed by atoms with van der Waals surface area (Å²) in [5.74, 6) is 0. The molecule has 2 aromatic rings. The van der Waals surface area contributed by atoms with Crippen LogP contribution in [0.25, 0.3) is 0 Å². The van der Waals surface area contributed by atoms with Gasteiger partial charge >= 0.3 is 0 Å². The molecular weight excluding hydrogens is 326 g/mol. The number of hydrogen-bond donors (Lipinski definition) is 3. The molecule has 0 aliphatic carbocycles. The van der Waals surface area contributed by atoms with E-state index in [9.17, 15) is 10.2 Å². The van der Waals surface area contributed by atoms with E-state index in [0.717, 1.165) is 37.1 Å². The molecule has 2 aromatic carbocycles. The van der Waals surface area contributed by atoms with Crippen LogP contribution in [0, 0.1) is 6.92 Å². The van der Waals surface area contributed by atoms with Gasteiger partial charge in [0.1, 0.15) is 31.4 Å². The van der Waals surface area contributed by atoms with Crippen LogP contribution in [0.4, 0.5) is 0 Å². The van der Waals surface area contributed by atoms with Crippen LogP contribution in [0.15, 0.2) is 54.6 Å². The first kappa shape index (κ1) is 19.1. The largest absolute Gasteiger partial charge is 0.387 e. The highest BCUT2D eigenvalue weighted by molar-refractivity contribution is 5.35. The maximum Gasteiger partial charge on any atom is 0.126 e. The van der Waals surface area contributed by atoms with Gasteiger partial charge < -0.3 is 19.8 Å². The summed E-state index contributed by atoms with van der Waals surface area (Å²) in [6, 6.07) is 18.4. The summed E-state index contributed by atoms with van der Waals surface area (Å²) < 4.78 is 6.20. The highest BCUT2D eigenvalue weighted by atomic mass is 16.5. The molecule has 4 nitrogen and oxygen atoms in total. The van der Waals surface area contributed by atoms with Crippen LogP contribution in [0.2, 0.25) is 0 Å².